The predicted octanol–water partition coefficient (Wildman–Crippen LogP) is 4.75. The highest BCUT2D eigenvalue weighted by Gasteiger charge is 1.99. The highest BCUT2D eigenvalue weighted by Crippen LogP contribution is 2.13. The first-order valence-electron chi connectivity index (χ1n) is 8.62. The Morgan fingerprint density at radius 3 is 2.43 bits per heavy atom. The Kier molecular flexibility index (Phi) is 7.15. The van der Waals surface area contributed by atoms with Crippen LogP contribution in [0, 0.1) is 12.8 Å². The van der Waals surface area contributed by atoms with Crippen molar-refractivity contribution in [1.29, 1.82) is 0 Å². The van der Waals surface area contributed by atoms with Crippen molar-refractivity contribution in [2.75, 3.05) is 13.2 Å². The molecule has 0 spiro atoms. The molecule has 0 heterocycles. The first kappa shape index (κ1) is 17.6. The second-order valence-corrected chi connectivity index (χ2v) is 6.53. The van der Waals surface area contributed by atoms with Crippen LogP contribution in [0.15, 0.2) is 48.5 Å². The summed E-state index contributed by atoms with van der Waals surface area (Å²) in [6.07, 6.45) is 2.17. The highest BCUT2D eigenvalue weighted by atomic mass is 16.5. The van der Waals surface area contributed by atoms with Gasteiger partial charge in [-0.15, -0.1) is 0 Å². The zero-order valence-corrected chi connectivity index (χ0v) is 14.6. The fourth-order valence-corrected chi connectivity index (χ4v) is 2.46. The molecule has 0 radical (unpaired) electrons. The summed E-state index contributed by atoms with van der Waals surface area (Å²) >= 11 is 0. The quantitative estimate of drug-likeness (QED) is 0.675. The third-order valence-corrected chi connectivity index (χ3v) is 4.05. The molecule has 0 aliphatic heterocycles. The molecule has 2 rings (SSSR count). The van der Waals surface area contributed by atoms with Crippen LogP contribution in [0.25, 0.3) is 0 Å². The molecule has 0 saturated carbocycles. The molecule has 124 valence electrons. The molecule has 0 amide bonds. The molecule has 0 unspecified atom stereocenters. The van der Waals surface area contributed by atoms with Crippen molar-refractivity contribution >= 4 is 0 Å². The summed E-state index contributed by atoms with van der Waals surface area (Å²) < 4.78 is 5.75. The third kappa shape index (κ3) is 6.45. The van der Waals surface area contributed by atoms with Crippen LogP contribution in [-0.2, 0) is 13.0 Å². The van der Waals surface area contributed by atoms with Gasteiger partial charge >= 0.3 is 0 Å². The van der Waals surface area contributed by atoms with E-state index in [0.29, 0.717) is 5.92 Å². The molecule has 2 aromatic rings. The second kappa shape index (κ2) is 9.36. The molecule has 0 bridgehead atoms. The summed E-state index contributed by atoms with van der Waals surface area (Å²) in [5, 5.41) is 3.51. The maximum Gasteiger partial charge on any atom is 0.119 e. The molecule has 2 nitrogen and oxygen atoms in total. The van der Waals surface area contributed by atoms with Crippen LogP contribution in [0.3, 0.4) is 0 Å². The van der Waals surface area contributed by atoms with E-state index >= 15 is 0 Å². The smallest absolute Gasteiger partial charge is 0.119 e. The molecule has 0 aliphatic rings. The molecule has 0 saturated heterocycles. The van der Waals surface area contributed by atoms with E-state index in [0.717, 1.165) is 38.3 Å². The van der Waals surface area contributed by atoms with Crippen molar-refractivity contribution in [1.82, 2.24) is 5.32 Å². The zero-order valence-electron chi connectivity index (χ0n) is 14.6. The van der Waals surface area contributed by atoms with Crippen LogP contribution >= 0.6 is 0 Å². The Morgan fingerprint density at radius 2 is 1.74 bits per heavy atom. The van der Waals surface area contributed by atoms with Crippen molar-refractivity contribution in [3.63, 3.8) is 0 Å². The minimum atomic E-state index is 0.687. The molecule has 23 heavy (non-hydrogen) atoms. The Hall–Kier alpha value is -1.80. The minimum Gasteiger partial charge on any atom is -0.494 e. The summed E-state index contributed by atoms with van der Waals surface area (Å²) in [6, 6.07) is 17.0. The van der Waals surface area contributed by atoms with Crippen molar-refractivity contribution in [2.45, 2.75) is 40.2 Å². The molecular formula is C21H29NO. The topological polar surface area (TPSA) is 21.3 Å². The molecule has 0 atom stereocenters. The highest BCUT2D eigenvalue weighted by molar-refractivity contribution is 5.27. The summed E-state index contributed by atoms with van der Waals surface area (Å²) in [4.78, 5) is 0. The Morgan fingerprint density at radius 1 is 1.00 bits per heavy atom. The van der Waals surface area contributed by atoms with Gasteiger partial charge in [-0.05, 0) is 61.1 Å². The van der Waals surface area contributed by atoms with Crippen molar-refractivity contribution < 1.29 is 4.74 Å². The molecule has 0 aliphatic carbocycles. The van der Waals surface area contributed by atoms with E-state index in [9.17, 15) is 0 Å². The third-order valence-electron chi connectivity index (χ3n) is 4.05. The molecule has 2 heteroatoms. The Labute approximate surface area is 140 Å². The normalized spacial score (nSPS) is 11.0. The molecule has 0 aromatic heterocycles. The summed E-state index contributed by atoms with van der Waals surface area (Å²) in [5.41, 5.74) is 4.09. The monoisotopic (exact) mass is 311 g/mol. The van der Waals surface area contributed by atoms with E-state index in [1.54, 1.807) is 0 Å². The van der Waals surface area contributed by atoms with Gasteiger partial charge in [0.1, 0.15) is 5.75 Å². The largest absolute Gasteiger partial charge is 0.494 e. The summed E-state index contributed by atoms with van der Waals surface area (Å²) in [7, 11) is 0. The van der Waals surface area contributed by atoms with E-state index in [4.69, 9.17) is 4.74 Å². The summed E-state index contributed by atoms with van der Waals surface area (Å²) in [6.45, 7) is 9.30. The van der Waals surface area contributed by atoms with Gasteiger partial charge in [-0.25, -0.2) is 0 Å². The van der Waals surface area contributed by atoms with Gasteiger partial charge in [0.05, 0.1) is 6.61 Å². The fraction of sp³-hybridized carbons (Fsp3) is 0.429. The van der Waals surface area contributed by atoms with Crippen LogP contribution in [0.5, 0.6) is 5.75 Å². The number of hydrogen-bond donors (Lipinski definition) is 1. The van der Waals surface area contributed by atoms with Crippen LogP contribution in [0.2, 0.25) is 0 Å². The number of benzene rings is 2. The molecule has 1 N–H and O–H groups in total. The van der Waals surface area contributed by atoms with Gasteiger partial charge in [-0.3, -0.25) is 0 Å². The van der Waals surface area contributed by atoms with Gasteiger partial charge in [-0.2, -0.15) is 0 Å². The SMILES string of the molecule is Cc1ccccc1CCNCc1ccc(OCCC(C)C)cc1. The standard InChI is InChI=1S/C21H29NO/c1-17(2)13-15-23-21-10-8-19(9-11-21)16-22-14-12-20-7-5-4-6-18(20)3/h4-11,17,22H,12-16H2,1-3H3. The maximum atomic E-state index is 5.75. The lowest BCUT2D eigenvalue weighted by molar-refractivity contribution is 0.289. The molecule has 0 fully saturated rings. The predicted molar refractivity (Wildman–Crippen MR) is 98.0 cm³/mol. The van der Waals surface area contributed by atoms with Crippen molar-refractivity contribution in [3.8, 4) is 5.75 Å². The van der Waals surface area contributed by atoms with Crippen molar-refractivity contribution in [2.24, 2.45) is 5.92 Å². The second-order valence-electron chi connectivity index (χ2n) is 6.53. The van der Waals surface area contributed by atoms with E-state index in [2.05, 4.69) is 74.6 Å². The number of hydrogen-bond acceptors (Lipinski definition) is 2. The average molecular weight is 311 g/mol. The van der Waals surface area contributed by atoms with Crippen LogP contribution in [0.1, 0.15) is 37.0 Å². The molecule has 2 aromatic carbocycles. The van der Waals surface area contributed by atoms with Crippen LogP contribution < -0.4 is 10.1 Å². The Balaban J connectivity index is 1.69. The van der Waals surface area contributed by atoms with Crippen LogP contribution in [0.4, 0.5) is 0 Å². The Bertz CT molecular complexity index is 575. The number of nitrogens with one attached hydrogen (secondary N) is 1. The molecular weight excluding hydrogens is 282 g/mol. The average Bonchev–Trinajstić information content (AvgIpc) is 2.54. The van der Waals surface area contributed by atoms with Gasteiger partial charge in [0, 0.05) is 6.54 Å². The number of ether oxygens (including phenoxy) is 1. The maximum absolute atomic E-state index is 5.75. The van der Waals surface area contributed by atoms with Gasteiger partial charge in [-0.1, -0.05) is 50.2 Å². The number of rotatable bonds is 9. The lowest BCUT2D eigenvalue weighted by atomic mass is 10.1. The van der Waals surface area contributed by atoms with Gasteiger partial charge in [0.25, 0.3) is 0 Å². The van der Waals surface area contributed by atoms with E-state index < -0.39 is 0 Å². The first-order chi connectivity index (χ1) is 11.1. The summed E-state index contributed by atoms with van der Waals surface area (Å²) in [5.74, 6) is 1.65. The van der Waals surface area contributed by atoms with Gasteiger partial charge < -0.3 is 10.1 Å². The number of aryl methyl sites for hydroxylation is 1. The lowest BCUT2D eigenvalue weighted by Gasteiger charge is -2.10. The van der Waals surface area contributed by atoms with E-state index in [1.807, 2.05) is 0 Å². The first-order valence-corrected chi connectivity index (χ1v) is 8.62. The fourth-order valence-electron chi connectivity index (χ4n) is 2.46. The minimum absolute atomic E-state index is 0.687. The van der Waals surface area contributed by atoms with Crippen LogP contribution in [-0.4, -0.2) is 13.2 Å². The van der Waals surface area contributed by atoms with Crippen molar-refractivity contribution in [3.05, 3.63) is 65.2 Å². The van der Waals surface area contributed by atoms with E-state index in [1.165, 1.54) is 16.7 Å². The lowest BCUT2D eigenvalue weighted by Crippen LogP contribution is -2.17. The van der Waals surface area contributed by atoms with Gasteiger partial charge in [0.2, 0.25) is 0 Å². The van der Waals surface area contributed by atoms with E-state index in [-0.39, 0.29) is 0 Å². The zero-order chi connectivity index (χ0) is 16.5. The van der Waals surface area contributed by atoms with Gasteiger partial charge in [0.15, 0.2) is 0 Å².